The Kier molecular flexibility index (Phi) is 7.21. The SMILES string of the molecule is C=C(CN1CNCC1CN1CCCCC1C)N1CC(C)(C)c2nc(C)c(Cc3ccc(F)cc3)cc21. The first-order valence-electron chi connectivity index (χ1n) is 13.6. The highest BCUT2D eigenvalue weighted by Gasteiger charge is 2.39. The van der Waals surface area contributed by atoms with E-state index in [9.17, 15) is 4.39 Å². The number of aromatic nitrogens is 1. The molecule has 36 heavy (non-hydrogen) atoms. The molecular formula is C30H42FN5. The summed E-state index contributed by atoms with van der Waals surface area (Å²) >= 11 is 0. The van der Waals surface area contributed by atoms with Crippen LogP contribution in [0.25, 0.3) is 0 Å². The maximum absolute atomic E-state index is 13.4. The molecule has 0 bridgehead atoms. The Labute approximate surface area is 216 Å². The summed E-state index contributed by atoms with van der Waals surface area (Å²) in [5.41, 5.74) is 6.78. The standard InChI is InChI=1S/C30H42FN5/c1-21-8-6-7-13-34(21)18-27-16-32-20-35(27)17-22(2)36-19-30(4,5)29-28(36)15-25(23(3)33-29)14-24-9-11-26(31)12-10-24/h9-12,15,21,27,32H,2,6-8,13-14,16-20H2,1,3-5H3. The summed E-state index contributed by atoms with van der Waals surface area (Å²) in [6, 6.07) is 10.3. The quantitative estimate of drug-likeness (QED) is 0.600. The number of hydrogen-bond acceptors (Lipinski definition) is 5. The van der Waals surface area contributed by atoms with Crippen molar-refractivity contribution >= 4 is 5.69 Å². The second-order valence-corrected chi connectivity index (χ2v) is 11.8. The Morgan fingerprint density at radius 3 is 2.72 bits per heavy atom. The van der Waals surface area contributed by atoms with Crippen LogP contribution < -0.4 is 10.2 Å². The van der Waals surface area contributed by atoms with Gasteiger partial charge in [-0.05, 0) is 69.0 Å². The molecule has 1 N–H and O–H groups in total. The third kappa shape index (κ3) is 5.22. The normalized spacial score (nSPS) is 24.3. The Balaban J connectivity index is 1.33. The Bertz CT molecular complexity index is 1100. The third-order valence-electron chi connectivity index (χ3n) is 8.46. The van der Waals surface area contributed by atoms with Gasteiger partial charge in [-0.25, -0.2) is 4.39 Å². The molecule has 6 heteroatoms. The fourth-order valence-corrected chi connectivity index (χ4v) is 6.19. The first kappa shape index (κ1) is 25.4. The molecule has 2 saturated heterocycles. The van der Waals surface area contributed by atoms with Gasteiger partial charge in [0.25, 0.3) is 0 Å². The zero-order valence-electron chi connectivity index (χ0n) is 22.5. The van der Waals surface area contributed by atoms with Gasteiger partial charge in [0, 0.05) is 61.7 Å². The second-order valence-electron chi connectivity index (χ2n) is 11.8. The van der Waals surface area contributed by atoms with Gasteiger partial charge in [0.05, 0.1) is 11.4 Å². The maximum Gasteiger partial charge on any atom is 0.123 e. The zero-order chi connectivity index (χ0) is 25.4. The van der Waals surface area contributed by atoms with E-state index in [1.807, 2.05) is 12.1 Å². The van der Waals surface area contributed by atoms with E-state index in [2.05, 4.69) is 60.4 Å². The highest BCUT2D eigenvalue weighted by atomic mass is 19.1. The molecule has 5 nitrogen and oxygen atoms in total. The fourth-order valence-electron chi connectivity index (χ4n) is 6.19. The molecule has 4 heterocycles. The summed E-state index contributed by atoms with van der Waals surface area (Å²) in [5.74, 6) is -0.198. The van der Waals surface area contributed by atoms with Crippen molar-refractivity contribution in [2.75, 3.05) is 44.3 Å². The minimum absolute atomic E-state index is 0.0384. The molecule has 0 saturated carbocycles. The van der Waals surface area contributed by atoms with E-state index in [1.165, 1.54) is 49.2 Å². The summed E-state index contributed by atoms with van der Waals surface area (Å²) in [5, 5.41) is 3.61. The number of hydrogen-bond donors (Lipinski definition) is 1. The van der Waals surface area contributed by atoms with Crippen LogP contribution >= 0.6 is 0 Å². The van der Waals surface area contributed by atoms with Crippen molar-refractivity contribution in [1.82, 2.24) is 20.1 Å². The summed E-state index contributed by atoms with van der Waals surface area (Å²) < 4.78 is 13.4. The van der Waals surface area contributed by atoms with E-state index < -0.39 is 0 Å². The minimum atomic E-state index is -0.198. The molecule has 2 unspecified atom stereocenters. The van der Waals surface area contributed by atoms with Crippen LogP contribution in [0.15, 0.2) is 42.6 Å². The first-order chi connectivity index (χ1) is 17.2. The summed E-state index contributed by atoms with van der Waals surface area (Å²) in [6.45, 7) is 19.7. The van der Waals surface area contributed by atoms with Crippen molar-refractivity contribution < 1.29 is 4.39 Å². The molecule has 5 rings (SSSR count). The zero-order valence-corrected chi connectivity index (χ0v) is 22.5. The lowest BCUT2D eigenvalue weighted by Gasteiger charge is -2.37. The van der Waals surface area contributed by atoms with E-state index in [0.29, 0.717) is 12.1 Å². The largest absolute Gasteiger partial charge is 0.342 e. The van der Waals surface area contributed by atoms with Gasteiger partial charge in [-0.2, -0.15) is 0 Å². The van der Waals surface area contributed by atoms with Crippen LogP contribution in [-0.4, -0.2) is 66.3 Å². The molecular weight excluding hydrogens is 449 g/mol. The minimum Gasteiger partial charge on any atom is -0.342 e. The van der Waals surface area contributed by atoms with Gasteiger partial charge in [0.1, 0.15) is 5.82 Å². The third-order valence-corrected chi connectivity index (χ3v) is 8.46. The lowest BCUT2D eigenvalue weighted by Crippen LogP contribution is -2.48. The van der Waals surface area contributed by atoms with Gasteiger partial charge in [-0.15, -0.1) is 0 Å². The number of piperidine rings is 1. The van der Waals surface area contributed by atoms with Gasteiger partial charge < -0.3 is 10.2 Å². The van der Waals surface area contributed by atoms with E-state index in [-0.39, 0.29) is 11.2 Å². The maximum atomic E-state index is 13.4. The number of benzene rings is 1. The molecule has 194 valence electrons. The predicted molar refractivity (Wildman–Crippen MR) is 146 cm³/mol. The summed E-state index contributed by atoms with van der Waals surface area (Å²) in [4.78, 5) is 12.7. The van der Waals surface area contributed by atoms with Crippen LogP contribution in [0.4, 0.5) is 10.1 Å². The van der Waals surface area contributed by atoms with Gasteiger partial charge in [0.2, 0.25) is 0 Å². The molecule has 0 amide bonds. The molecule has 2 atom stereocenters. The number of rotatable bonds is 7. The highest BCUT2D eigenvalue weighted by molar-refractivity contribution is 5.65. The molecule has 0 radical (unpaired) electrons. The summed E-state index contributed by atoms with van der Waals surface area (Å²) in [6.07, 6.45) is 4.75. The van der Waals surface area contributed by atoms with Crippen molar-refractivity contribution in [1.29, 1.82) is 0 Å². The van der Waals surface area contributed by atoms with E-state index >= 15 is 0 Å². The van der Waals surface area contributed by atoms with Crippen LogP contribution in [0.2, 0.25) is 0 Å². The lowest BCUT2D eigenvalue weighted by atomic mass is 9.90. The van der Waals surface area contributed by atoms with Crippen LogP contribution in [-0.2, 0) is 11.8 Å². The molecule has 0 aliphatic carbocycles. The van der Waals surface area contributed by atoms with Crippen molar-refractivity contribution in [3.05, 3.63) is 70.9 Å². The second kappa shape index (κ2) is 10.2. The van der Waals surface area contributed by atoms with Crippen molar-refractivity contribution in [2.24, 2.45) is 0 Å². The Morgan fingerprint density at radius 1 is 1.19 bits per heavy atom. The molecule has 3 aliphatic heterocycles. The smallest absolute Gasteiger partial charge is 0.123 e. The van der Waals surface area contributed by atoms with E-state index in [0.717, 1.165) is 61.9 Å². The number of fused-ring (bicyclic) bond motifs is 1. The van der Waals surface area contributed by atoms with E-state index in [1.54, 1.807) is 0 Å². The van der Waals surface area contributed by atoms with Crippen molar-refractivity contribution in [3.8, 4) is 0 Å². The molecule has 3 aliphatic rings. The number of halogens is 1. The number of nitrogens with zero attached hydrogens (tertiary/aromatic N) is 4. The topological polar surface area (TPSA) is 34.6 Å². The monoisotopic (exact) mass is 491 g/mol. The molecule has 0 spiro atoms. The Morgan fingerprint density at radius 2 is 1.97 bits per heavy atom. The fraction of sp³-hybridized carbons (Fsp3) is 0.567. The number of anilines is 1. The average Bonchev–Trinajstić information content (AvgIpc) is 3.38. The number of aryl methyl sites for hydroxylation is 1. The van der Waals surface area contributed by atoms with Crippen LogP contribution in [0.1, 0.15) is 62.5 Å². The first-order valence-corrected chi connectivity index (χ1v) is 13.6. The van der Waals surface area contributed by atoms with Crippen molar-refractivity contribution in [3.63, 3.8) is 0 Å². The van der Waals surface area contributed by atoms with Gasteiger partial charge in [-0.3, -0.25) is 14.8 Å². The molecule has 2 aromatic rings. The predicted octanol–water partition coefficient (Wildman–Crippen LogP) is 4.84. The number of nitrogens with one attached hydrogen (secondary N) is 1. The van der Waals surface area contributed by atoms with Crippen LogP contribution in [0.3, 0.4) is 0 Å². The van der Waals surface area contributed by atoms with Crippen LogP contribution in [0, 0.1) is 12.7 Å². The number of pyridine rings is 1. The Hall–Kier alpha value is -2.28. The highest BCUT2D eigenvalue weighted by Crippen LogP contribution is 2.42. The van der Waals surface area contributed by atoms with Crippen LogP contribution in [0.5, 0.6) is 0 Å². The lowest BCUT2D eigenvalue weighted by molar-refractivity contribution is 0.119. The summed E-state index contributed by atoms with van der Waals surface area (Å²) in [7, 11) is 0. The van der Waals surface area contributed by atoms with E-state index in [4.69, 9.17) is 4.98 Å². The molecule has 1 aromatic carbocycles. The average molecular weight is 492 g/mol. The van der Waals surface area contributed by atoms with Gasteiger partial charge in [-0.1, -0.05) is 39.0 Å². The van der Waals surface area contributed by atoms with Crippen molar-refractivity contribution in [2.45, 2.75) is 70.9 Å². The molecule has 1 aromatic heterocycles. The molecule has 2 fully saturated rings. The van der Waals surface area contributed by atoms with Gasteiger partial charge >= 0.3 is 0 Å². The van der Waals surface area contributed by atoms with Gasteiger partial charge in [0.15, 0.2) is 0 Å². The number of likely N-dealkylation sites (tertiary alicyclic amines) is 1.